The predicted octanol–water partition coefficient (Wildman–Crippen LogP) is 12.9. The van der Waals surface area contributed by atoms with Crippen molar-refractivity contribution in [2.45, 2.75) is 152 Å². The number of hydrogen-bond donors (Lipinski definition) is 0. The Kier molecular flexibility index (Phi) is 21.7. The summed E-state index contributed by atoms with van der Waals surface area (Å²) in [5, 5.41) is 0. The molecule has 3 fully saturated rings. The van der Waals surface area contributed by atoms with Gasteiger partial charge in [-0.05, 0) is 80.7 Å². The average Bonchev–Trinajstić information content (AvgIpc) is 3.86. The zero-order chi connectivity index (χ0) is 38.0. The first-order chi connectivity index (χ1) is 24.0. The Bertz CT molecular complexity index is 1250. The molecule has 0 N–H and O–H groups in total. The number of alkyl halides is 4. The van der Waals surface area contributed by atoms with Crippen molar-refractivity contribution in [1.29, 1.82) is 0 Å². The maximum atomic E-state index is 5.30. The van der Waals surface area contributed by atoms with E-state index < -0.39 is 8.67 Å². The van der Waals surface area contributed by atoms with Gasteiger partial charge >= 0.3 is 0 Å². The average molecular weight is 772 g/mol. The molecular weight excluding hydrogens is 705 g/mol. The predicted molar refractivity (Wildman–Crippen MR) is 239 cm³/mol. The van der Waals surface area contributed by atoms with Gasteiger partial charge in [-0.15, -0.1) is 46.4 Å². The second-order valence-electron chi connectivity index (χ2n) is 16.1. The van der Waals surface area contributed by atoms with Crippen LogP contribution in [0.3, 0.4) is 0 Å². The Morgan fingerprint density at radius 3 is 1.59 bits per heavy atom. The maximum absolute atomic E-state index is 5.30. The van der Waals surface area contributed by atoms with Gasteiger partial charge in [0.05, 0.1) is 0 Å². The summed E-state index contributed by atoms with van der Waals surface area (Å²) < 4.78 is -1.11. The van der Waals surface area contributed by atoms with E-state index >= 15 is 0 Å². The van der Waals surface area contributed by atoms with Gasteiger partial charge in [-0.25, -0.2) is 0 Å². The van der Waals surface area contributed by atoms with Crippen molar-refractivity contribution >= 4 is 78.2 Å². The lowest BCUT2D eigenvalue weighted by Crippen LogP contribution is -2.54. The van der Waals surface area contributed by atoms with Crippen LogP contribution >= 0.6 is 46.4 Å². The minimum Gasteiger partial charge on any atom is -0.347 e. The summed E-state index contributed by atoms with van der Waals surface area (Å²) in [6.45, 7) is 15.0. The summed E-state index contributed by atoms with van der Waals surface area (Å²) in [6.07, 6.45) is 29.4. The minimum absolute atomic E-state index is 0.478. The second-order valence-corrected chi connectivity index (χ2v) is 20.3. The summed E-state index contributed by atoms with van der Waals surface area (Å²) >= 11 is 21.2. The summed E-state index contributed by atoms with van der Waals surface area (Å²) in [4.78, 5) is 2.34. The number of rotatable bonds is 2. The van der Waals surface area contributed by atoms with Crippen LogP contribution in [0, 0.1) is 26.7 Å². The van der Waals surface area contributed by atoms with Crippen LogP contribution in [-0.2, 0) is 6.42 Å². The fraction of sp³-hybridized carbons (Fsp3) is 0.628. The van der Waals surface area contributed by atoms with Gasteiger partial charge in [0, 0.05) is 0 Å². The number of halogens is 4. The quantitative estimate of drug-likeness (QED) is 0.217. The normalized spacial score (nSPS) is 20.0. The summed E-state index contributed by atoms with van der Waals surface area (Å²) in [5.41, 5.74) is 8.83. The second kappa shape index (κ2) is 23.9. The molecule has 0 bridgehead atoms. The van der Waals surface area contributed by atoms with Crippen molar-refractivity contribution in [2.24, 2.45) is 5.92 Å². The molecular formula is C43H67B3Cl4N. The van der Waals surface area contributed by atoms with Gasteiger partial charge in [0.1, 0.15) is 15.9 Å². The van der Waals surface area contributed by atoms with Gasteiger partial charge in [0.2, 0.25) is 13.6 Å². The first-order valence-corrected chi connectivity index (χ1v) is 21.2. The third-order valence-corrected chi connectivity index (χ3v) is 9.95. The van der Waals surface area contributed by atoms with E-state index in [-0.39, 0.29) is 0 Å². The molecule has 0 spiro atoms. The molecule has 3 aliphatic heterocycles. The highest BCUT2D eigenvalue weighted by Gasteiger charge is 2.39. The Morgan fingerprint density at radius 2 is 1.16 bits per heavy atom. The zero-order valence-corrected chi connectivity index (χ0v) is 36.5. The summed E-state index contributed by atoms with van der Waals surface area (Å²) in [7, 11) is 6.71. The number of aryl methyl sites for hydroxylation is 3. The molecule has 2 aromatic carbocycles. The summed E-state index contributed by atoms with van der Waals surface area (Å²) in [6, 6.07) is 13.7. The molecule has 2 unspecified atom stereocenters. The molecule has 7 rings (SSSR count). The van der Waals surface area contributed by atoms with E-state index in [0.29, 0.717) is 18.4 Å². The molecule has 0 amide bonds. The van der Waals surface area contributed by atoms with Gasteiger partial charge in [0.15, 0.2) is 0 Å². The number of fused-ring (bicyclic) bond motifs is 2. The Labute approximate surface area is 336 Å². The fourth-order valence-electron chi connectivity index (χ4n) is 7.77. The van der Waals surface area contributed by atoms with Gasteiger partial charge < -0.3 is 4.81 Å². The van der Waals surface area contributed by atoms with Crippen molar-refractivity contribution in [3.05, 3.63) is 83.0 Å². The molecule has 3 heterocycles. The van der Waals surface area contributed by atoms with E-state index in [4.69, 9.17) is 46.4 Å². The van der Waals surface area contributed by atoms with Crippen molar-refractivity contribution in [2.75, 3.05) is 14.1 Å². The molecule has 2 aliphatic carbocycles. The molecule has 51 heavy (non-hydrogen) atoms. The molecule has 5 aliphatic rings. The van der Waals surface area contributed by atoms with Crippen LogP contribution < -0.4 is 10.9 Å². The zero-order valence-electron chi connectivity index (χ0n) is 33.5. The molecule has 281 valence electrons. The number of nitrogens with zero attached hydrogens (tertiary/aromatic N) is 1. The Hall–Kier alpha value is -0.765. The molecule has 2 saturated heterocycles. The van der Waals surface area contributed by atoms with E-state index in [1.807, 2.05) is 0 Å². The van der Waals surface area contributed by atoms with Crippen molar-refractivity contribution in [3.63, 3.8) is 0 Å². The highest BCUT2D eigenvalue weighted by molar-refractivity contribution is 6.88. The van der Waals surface area contributed by atoms with Crippen molar-refractivity contribution in [1.82, 2.24) is 4.81 Å². The smallest absolute Gasteiger partial charge is 0.222 e. The van der Waals surface area contributed by atoms with Gasteiger partial charge in [-0.3, -0.25) is 0 Å². The number of benzene rings is 2. The topological polar surface area (TPSA) is 3.24 Å². The van der Waals surface area contributed by atoms with Crippen LogP contribution in [0.2, 0.25) is 31.1 Å². The lowest BCUT2D eigenvalue weighted by Gasteiger charge is -2.38. The lowest BCUT2D eigenvalue weighted by atomic mass is 9.27. The lowest BCUT2D eigenvalue weighted by molar-refractivity contribution is 0.637. The molecule has 1 saturated carbocycles. The first kappa shape index (κ1) is 46.4. The van der Waals surface area contributed by atoms with E-state index in [2.05, 4.69) is 108 Å². The number of allylic oxidation sites excluding steroid dienone is 4. The molecule has 2 atom stereocenters. The molecule has 1 nitrogen and oxygen atoms in total. The van der Waals surface area contributed by atoms with Crippen molar-refractivity contribution in [3.8, 4) is 0 Å². The van der Waals surface area contributed by atoms with Gasteiger partial charge in [-0.1, -0.05) is 177 Å². The fourth-order valence-corrected chi connectivity index (χ4v) is 7.77. The highest BCUT2D eigenvalue weighted by Crippen LogP contribution is 2.35. The molecule has 1 radical (unpaired) electrons. The van der Waals surface area contributed by atoms with E-state index in [0.717, 1.165) is 6.85 Å². The van der Waals surface area contributed by atoms with Crippen molar-refractivity contribution < 1.29 is 0 Å². The maximum Gasteiger partial charge on any atom is 0.222 e. The molecule has 8 heteroatoms. The minimum atomic E-state index is -0.556. The van der Waals surface area contributed by atoms with E-state index in [9.17, 15) is 0 Å². The summed E-state index contributed by atoms with van der Waals surface area (Å²) in [5.74, 6) is 1.20. The third-order valence-electron chi connectivity index (χ3n) is 9.95. The monoisotopic (exact) mass is 770 g/mol. The van der Waals surface area contributed by atoms with Crippen LogP contribution in [0.25, 0.3) is 0 Å². The van der Waals surface area contributed by atoms with Crippen LogP contribution in [0.4, 0.5) is 0 Å². The number of hydrogen-bond acceptors (Lipinski definition) is 1. The molecule has 0 aromatic heterocycles. The van der Waals surface area contributed by atoms with Crippen LogP contribution in [0.15, 0.2) is 60.7 Å². The van der Waals surface area contributed by atoms with E-state index in [1.165, 1.54) is 123 Å². The van der Waals surface area contributed by atoms with Crippen LogP contribution in [0.1, 0.15) is 108 Å². The standard InChI is InChI=1S/C22H23B.C6H14BN.C5H10.C4H8B.2C3H6Cl2/c1-15-12-16(2)22(17(3)13-15)23-20-10-6-4-8-18(20)14-19-9-5-7-11-21(19)23;1-8(2)7-5-3-4-6-7;2*1-2-4-5-3-1;2*1-3(2,4)5/h4-13,18,20H,14H2,1-3H3;3-6H2,1-2H3;1-5H2;1-4H2;2*1-2H3. The Balaban J connectivity index is 0.000000261. The largest absolute Gasteiger partial charge is 0.347 e. The SMILES string of the molecule is C1CCCC1.CC(C)(Cl)Cl.CC(C)(Cl)Cl.CN(C)B1CCCC1.Cc1cc(C)c(B2c3ccccc3CC3C=CC=CC23)c(C)c1.[B]1CCCC1. The highest BCUT2D eigenvalue weighted by atomic mass is 35.5. The van der Waals surface area contributed by atoms with Gasteiger partial charge in [0.25, 0.3) is 0 Å². The third kappa shape index (κ3) is 19.9. The first-order valence-electron chi connectivity index (χ1n) is 19.7. The van der Waals surface area contributed by atoms with E-state index in [1.54, 1.807) is 27.7 Å². The van der Waals surface area contributed by atoms with Crippen LogP contribution in [0.5, 0.6) is 0 Å². The molecule has 2 aromatic rings. The van der Waals surface area contributed by atoms with Gasteiger partial charge in [-0.2, -0.15) is 0 Å². The Morgan fingerprint density at radius 1 is 0.686 bits per heavy atom. The van der Waals surface area contributed by atoms with Crippen LogP contribution in [-0.4, -0.2) is 48.4 Å².